The summed E-state index contributed by atoms with van der Waals surface area (Å²) in [4.78, 5) is 24.3. The second-order valence-electron chi connectivity index (χ2n) is 2.71. The zero-order valence-electron chi connectivity index (χ0n) is 8.87. The number of ether oxygens (including phenoxy) is 2. The third-order valence-corrected chi connectivity index (χ3v) is 1.69. The van der Waals surface area contributed by atoms with Crippen LogP contribution in [0.3, 0.4) is 0 Å². The SMILES string of the molecule is CCOC(=O)Oc1nc([N+](=O)[O-])cn1CC. The van der Waals surface area contributed by atoms with Gasteiger partial charge in [-0.05, 0) is 18.8 Å². The van der Waals surface area contributed by atoms with E-state index in [0.717, 1.165) is 0 Å². The van der Waals surface area contributed by atoms with Crippen molar-refractivity contribution in [1.82, 2.24) is 9.55 Å². The number of rotatable bonds is 4. The Hall–Kier alpha value is -2.12. The molecule has 8 heteroatoms. The van der Waals surface area contributed by atoms with Gasteiger partial charge in [0.1, 0.15) is 6.20 Å². The Kier molecular flexibility index (Phi) is 3.81. The summed E-state index contributed by atoms with van der Waals surface area (Å²) in [6.45, 7) is 3.92. The van der Waals surface area contributed by atoms with E-state index in [9.17, 15) is 14.9 Å². The third kappa shape index (κ3) is 2.69. The van der Waals surface area contributed by atoms with E-state index in [4.69, 9.17) is 4.74 Å². The standard InChI is InChI=1S/C8H11N3O5/c1-3-10-5-6(11(13)14)9-7(10)16-8(12)15-4-2/h5H,3-4H2,1-2H3. The van der Waals surface area contributed by atoms with Crippen LogP contribution < -0.4 is 4.74 Å². The highest BCUT2D eigenvalue weighted by Gasteiger charge is 2.22. The van der Waals surface area contributed by atoms with E-state index >= 15 is 0 Å². The summed E-state index contributed by atoms with van der Waals surface area (Å²) in [5, 5.41) is 10.5. The fourth-order valence-electron chi connectivity index (χ4n) is 1.00. The van der Waals surface area contributed by atoms with Gasteiger partial charge in [-0.2, -0.15) is 0 Å². The van der Waals surface area contributed by atoms with Crippen LogP contribution in [0, 0.1) is 10.1 Å². The van der Waals surface area contributed by atoms with E-state index in [0.29, 0.717) is 6.54 Å². The maximum Gasteiger partial charge on any atom is 0.517 e. The molecule has 0 unspecified atom stereocenters. The summed E-state index contributed by atoms with van der Waals surface area (Å²) in [6, 6.07) is -0.146. The molecule has 0 aliphatic carbocycles. The van der Waals surface area contributed by atoms with Gasteiger partial charge >= 0.3 is 18.0 Å². The van der Waals surface area contributed by atoms with Gasteiger partial charge in [-0.3, -0.25) is 4.57 Å². The summed E-state index contributed by atoms with van der Waals surface area (Å²) >= 11 is 0. The molecule has 0 aromatic carbocycles. The predicted molar refractivity (Wildman–Crippen MR) is 52.2 cm³/mol. The Balaban J connectivity index is 2.85. The van der Waals surface area contributed by atoms with Crippen molar-refractivity contribution >= 4 is 12.0 Å². The van der Waals surface area contributed by atoms with Crippen molar-refractivity contribution in [1.29, 1.82) is 0 Å². The summed E-state index contributed by atoms with van der Waals surface area (Å²) in [5.74, 6) is -0.374. The second-order valence-corrected chi connectivity index (χ2v) is 2.71. The first-order valence-corrected chi connectivity index (χ1v) is 4.64. The van der Waals surface area contributed by atoms with Gasteiger partial charge in [-0.15, -0.1) is 0 Å². The second kappa shape index (κ2) is 5.10. The minimum Gasteiger partial charge on any atom is -0.434 e. The van der Waals surface area contributed by atoms with Crippen molar-refractivity contribution in [3.8, 4) is 6.01 Å². The van der Waals surface area contributed by atoms with Crippen LogP contribution in [0.2, 0.25) is 0 Å². The Labute approximate surface area is 90.9 Å². The van der Waals surface area contributed by atoms with E-state index in [-0.39, 0.29) is 18.4 Å². The number of carbonyl (C=O) groups excluding carboxylic acids is 1. The summed E-state index contributed by atoms with van der Waals surface area (Å²) in [6.07, 6.45) is 0.256. The zero-order valence-corrected chi connectivity index (χ0v) is 8.87. The van der Waals surface area contributed by atoms with Crippen molar-refractivity contribution in [2.45, 2.75) is 20.4 Å². The molecule has 1 aromatic heterocycles. The molecule has 0 spiro atoms. The first-order chi connectivity index (χ1) is 7.58. The van der Waals surface area contributed by atoms with E-state index in [1.165, 1.54) is 10.8 Å². The van der Waals surface area contributed by atoms with Crippen LogP contribution >= 0.6 is 0 Å². The molecule has 88 valence electrons. The van der Waals surface area contributed by atoms with Gasteiger partial charge in [-0.25, -0.2) is 4.79 Å². The lowest BCUT2D eigenvalue weighted by Crippen LogP contribution is -2.13. The monoisotopic (exact) mass is 229 g/mol. The minimum absolute atomic E-state index is 0.146. The number of hydrogen-bond acceptors (Lipinski definition) is 6. The molecule has 0 saturated heterocycles. The molecule has 0 amide bonds. The Bertz CT molecular complexity index is 400. The first-order valence-electron chi connectivity index (χ1n) is 4.64. The predicted octanol–water partition coefficient (Wildman–Crippen LogP) is 1.35. The van der Waals surface area contributed by atoms with Crippen LogP contribution in [-0.2, 0) is 11.3 Å². The maximum absolute atomic E-state index is 11.0. The van der Waals surface area contributed by atoms with Gasteiger partial charge in [0.15, 0.2) is 0 Å². The van der Waals surface area contributed by atoms with Crippen molar-refractivity contribution < 1.29 is 19.2 Å². The zero-order chi connectivity index (χ0) is 12.1. The number of hydrogen-bond donors (Lipinski definition) is 0. The molecule has 0 aliphatic heterocycles. The van der Waals surface area contributed by atoms with E-state index in [1.807, 2.05) is 0 Å². The molecule has 0 saturated carbocycles. The molecule has 0 N–H and O–H groups in total. The van der Waals surface area contributed by atoms with Crippen LogP contribution in [0.25, 0.3) is 0 Å². The Morgan fingerprint density at radius 2 is 2.31 bits per heavy atom. The number of imidazole rings is 1. The molecule has 1 heterocycles. The minimum atomic E-state index is -0.933. The quantitative estimate of drug-likeness (QED) is 0.439. The fourth-order valence-corrected chi connectivity index (χ4v) is 1.00. The smallest absolute Gasteiger partial charge is 0.434 e. The van der Waals surface area contributed by atoms with Crippen LogP contribution in [0.4, 0.5) is 10.6 Å². The molecular formula is C8H11N3O5. The molecule has 0 atom stereocenters. The van der Waals surface area contributed by atoms with Crippen molar-refractivity contribution in [2.24, 2.45) is 0 Å². The Morgan fingerprint density at radius 1 is 1.62 bits per heavy atom. The molecular weight excluding hydrogens is 218 g/mol. The van der Waals surface area contributed by atoms with Crippen LogP contribution in [0.15, 0.2) is 6.20 Å². The summed E-state index contributed by atoms with van der Waals surface area (Å²) < 4.78 is 10.6. The van der Waals surface area contributed by atoms with Gasteiger partial charge in [0, 0.05) is 11.5 Å². The summed E-state index contributed by atoms with van der Waals surface area (Å²) in [5.41, 5.74) is 0. The molecule has 0 radical (unpaired) electrons. The van der Waals surface area contributed by atoms with Gasteiger partial charge in [0.25, 0.3) is 0 Å². The largest absolute Gasteiger partial charge is 0.517 e. The number of carbonyl (C=O) groups is 1. The highest BCUT2D eigenvalue weighted by atomic mass is 16.7. The van der Waals surface area contributed by atoms with E-state index in [1.54, 1.807) is 13.8 Å². The summed E-state index contributed by atoms with van der Waals surface area (Å²) in [7, 11) is 0. The van der Waals surface area contributed by atoms with Gasteiger partial charge < -0.3 is 19.6 Å². The normalized spacial score (nSPS) is 9.88. The van der Waals surface area contributed by atoms with Crippen molar-refractivity contribution in [3.63, 3.8) is 0 Å². The molecule has 0 fully saturated rings. The van der Waals surface area contributed by atoms with E-state index in [2.05, 4.69) is 9.72 Å². The molecule has 16 heavy (non-hydrogen) atoms. The van der Waals surface area contributed by atoms with Crippen LogP contribution in [0.1, 0.15) is 13.8 Å². The molecule has 0 aliphatic rings. The molecule has 1 rings (SSSR count). The van der Waals surface area contributed by atoms with E-state index < -0.39 is 11.1 Å². The van der Waals surface area contributed by atoms with Crippen molar-refractivity contribution in [2.75, 3.05) is 6.61 Å². The van der Waals surface area contributed by atoms with Gasteiger partial charge in [0.2, 0.25) is 0 Å². The lowest BCUT2D eigenvalue weighted by atomic mass is 10.7. The highest BCUT2D eigenvalue weighted by Crippen LogP contribution is 2.17. The number of nitro groups is 1. The number of aromatic nitrogens is 2. The topological polar surface area (TPSA) is 96.5 Å². The lowest BCUT2D eigenvalue weighted by Gasteiger charge is -2.00. The van der Waals surface area contributed by atoms with Gasteiger partial charge in [0.05, 0.1) is 6.61 Å². The maximum atomic E-state index is 11.0. The van der Waals surface area contributed by atoms with Crippen LogP contribution in [-0.4, -0.2) is 27.2 Å². The average molecular weight is 229 g/mol. The lowest BCUT2D eigenvalue weighted by molar-refractivity contribution is -0.389. The molecule has 0 bridgehead atoms. The third-order valence-electron chi connectivity index (χ3n) is 1.69. The number of aryl methyl sites for hydroxylation is 1. The molecule has 8 nitrogen and oxygen atoms in total. The fraction of sp³-hybridized carbons (Fsp3) is 0.500. The first kappa shape index (κ1) is 12.0. The van der Waals surface area contributed by atoms with Crippen molar-refractivity contribution in [3.05, 3.63) is 16.3 Å². The molecule has 1 aromatic rings. The highest BCUT2D eigenvalue weighted by molar-refractivity contribution is 5.62. The number of nitrogens with zero attached hydrogens (tertiary/aromatic N) is 3. The average Bonchev–Trinajstić information content (AvgIpc) is 2.61. The van der Waals surface area contributed by atoms with Gasteiger partial charge in [-0.1, -0.05) is 0 Å². The van der Waals surface area contributed by atoms with Crippen LogP contribution in [0.5, 0.6) is 6.01 Å². The Morgan fingerprint density at radius 3 is 2.81 bits per heavy atom.